The Labute approximate surface area is 171 Å². The van der Waals surface area contributed by atoms with Gasteiger partial charge in [-0.25, -0.2) is 13.8 Å². The maximum Gasteiger partial charge on any atom is 0.278 e. The third-order valence-electron chi connectivity index (χ3n) is 4.46. The number of ether oxygens (including phenoxy) is 1. The Kier molecular flexibility index (Phi) is 6.25. The first kappa shape index (κ1) is 21.6. The van der Waals surface area contributed by atoms with E-state index in [4.69, 9.17) is 9.84 Å². The first-order valence-electron chi connectivity index (χ1n) is 9.32. The molecule has 0 spiro atoms. The zero-order valence-electron chi connectivity index (χ0n) is 16.6. The van der Waals surface area contributed by atoms with E-state index < -0.39 is 18.4 Å². The molecule has 0 aliphatic carbocycles. The third-order valence-corrected chi connectivity index (χ3v) is 4.46. The molecule has 1 aliphatic heterocycles. The summed E-state index contributed by atoms with van der Waals surface area (Å²) in [5.41, 5.74) is 2.34. The van der Waals surface area contributed by atoms with Crippen molar-refractivity contribution in [3.63, 3.8) is 0 Å². The van der Waals surface area contributed by atoms with Crippen LogP contribution in [0.5, 0.6) is 5.88 Å². The molecule has 2 aromatic rings. The van der Waals surface area contributed by atoms with Crippen molar-refractivity contribution in [1.29, 1.82) is 0 Å². The monoisotopic (exact) mass is 420 g/mol. The Morgan fingerprint density at radius 3 is 2.83 bits per heavy atom. The van der Waals surface area contributed by atoms with Crippen LogP contribution < -0.4 is 10.1 Å². The molecular weight excluding hydrogens is 398 g/mol. The van der Waals surface area contributed by atoms with Gasteiger partial charge in [0.25, 0.3) is 17.7 Å². The summed E-state index contributed by atoms with van der Waals surface area (Å²) in [5.74, 6) is -3.55. The minimum absolute atomic E-state index is 0.0885. The number of carbonyl (C=O) groups excluding carboxylic acids is 2. The SMILES string of the molecule is Cc1cc(CN2Cc3c(ccnc3C(=O)NCCO)C2=O)cnc1OCC(C)(F)F. The number of pyridine rings is 2. The number of hydrogen-bond donors (Lipinski definition) is 2. The van der Waals surface area contributed by atoms with Gasteiger partial charge in [-0.3, -0.25) is 14.6 Å². The van der Waals surface area contributed by atoms with Gasteiger partial charge in [-0.1, -0.05) is 0 Å². The van der Waals surface area contributed by atoms with Crippen LogP contribution in [-0.2, 0) is 13.1 Å². The molecule has 0 radical (unpaired) electrons. The Hall–Kier alpha value is -3.14. The molecule has 160 valence electrons. The number of amides is 2. The van der Waals surface area contributed by atoms with Gasteiger partial charge in [-0.2, -0.15) is 0 Å². The Balaban J connectivity index is 1.73. The van der Waals surface area contributed by atoms with Crippen molar-refractivity contribution in [3.8, 4) is 5.88 Å². The molecule has 10 heteroatoms. The van der Waals surface area contributed by atoms with E-state index >= 15 is 0 Å². The predicted molar refractivity (Wildman–Crippen MR) is 102 cm³/mol. The van der Waals surface area contributed by atoms with E-state index in [1.165, 1.54) is 12.4 Å². The van der Waals surface area contributed by atoms with E-state index in [0.717, 1.165) is 6.92 Å². The van der Waals surface area contributed by atoms with Crippen LogP contribution in [0.4, 0.5) is 8.78 Å². The smallest absolute Gasteiger partial charge is 0.278 e. The van der Waals surface area contributed by atoms with Gasteiger partial charge in [0.05, 0.1) is 6.61 Å². The molecular formula is C20H22F2N4O4. The molecule has 0 unspecified atom stereocenters. The van der Waals surface area contributed by atoms with Crippen molar-refractivity contribution in [3.05, 3.63) is 52.5 Å². The highest BCUT2D eigenvalue weighted by atomic mass is 19.3. The summed E-state index contributed by atoms with van der Waals surface area (Å²) >= 11 is 0. The number of aliphatic hydroxyl groups is 1. The molecule has 2 N–H and O–H groups in total. The molecule has 30 heavy (non-hydrogen) atoms. The van der Waals surface area contributed by atoms with Crippen LogP contribution in [0.1, 0.15) is 44.5 Å². The van der Waals surface area contributed by atoms with E-state index in [1.54, 1.807) is 24.0 Å². The summed E-state index contributed by atoms with van der Waals surface area (Å²) < 4.78 is 31.0. The van der Waals surface area contributed by atoms with Gasteiger partial charge in [0, 0.05) is 55.6 Å². The predicted octanol–water partition coefficient (Wildman–Crippen LogP) is 1.70. The van der Waals surface area contributed by atoms with Crippen LogP contribution in [0.15, 0.2) is 24.5 Å². The van der Waals surface area contributed by atoms with Crippen molar-refractivity contribution >= 4 is 11.8 Å². The number of hydrogen-bond acceptors (Lipinski definition) is 6. The second kappa shape index (κ2) is 8.70. The summed E-state index contributed by atoms with van der Waals surface area (Å²) in [5, 5.41) is 11.4. The lowest BCUT2D eigenvalue weighted by Gasteiger charge is -2.17. The van der Waals surface area contributed by atoms with Gasteiger partial charge in [0.1, 0.15) is 5.69 Å². The number of carbonyl (C=O) groups is 2. The van der Waals surface area contributed by atoms with Gasteiger partial charge >= 0.3 is 0 Å². The van der Waals surface area contributed by atoms with E-state index in [0.29, 0.717) is 22.3 Å². The molecule has 0 saturated carbocycles. The molecule has 0 aromatic carbocycles. The fourth-order valence-electron chi connectivity index (χ4n) is 3.14. The highest BCUT2D eigenvalue weighted by molar-refractivity contribution is 6.03. The fourth-order valence-corrected chi connectivity index (χ4v) is 3.14. The van der Waals surface area contributed by atoms with Gasteiger partial charge in [-0.05, 0) is 24.6 Å². The summed E-state index contributed by atoms with van der Waals surface area (Å²) in [6.07, 6.45) is 2.87. The first-order valence-corrected chi connectivity index (χ1v) is 9.32. The third kappa shape index (κ3) is 4.88. The molecule has 2 aromatic heterocycles. The van der Waals surface area contributed by atoms with Crippen molar-refractivity contribution < 1.29 is 28.2 Å². The van der Waals surface area contributed by atoms with E-state index in [2.05, 4.69) is 15.3 Å². The number of aliphatic hydroxyl groups excluding tert-OH is 1. The molecule has 3 rings (SSSR count). The largest absolute Gasteiger partial charge is 0.471 e. The van der Waals surface area contributed by atoms with Crippen LogP contribution in [0.3, 0.4) is 0 Å². The van der Waals surface area contributed by atoms with Crippen molar-refractivity contribution in [2.75, 3.05) is 19.8 Å². The highest BCUT2D eigenvalue weighted by Crippen LogP contribution is 2.27. The Morgan fingerprint density at radius 1 is 1.40 bits per heavy atom. The quantitative estimate of drug-likeness (QED) is 0.674. The topological polar surface area (TPSA) is 105 Å². The summed E-state index contributed by atoms with van der Waals surface area (Å²) in [6.45, 7) is 1.99. The lowest BCUT2D eigenvalue weighted by atomic mass is 10.1. The lowest BCUT2D eigenvalue weighted by Crippen LogP contribution is -2.28. The van der Waals surface area contributed by atoms with E-state index in [1.807, 2.05) is 0 Å². The molecule has 1 aliphatic rings. The molecule has 0 atom stereocenters. The van der Waals surface area contributed by atoms with Crippen LogP contribution in [0.2, 0.25) is 0 Å². The number of nitrogens with one attached hydrogen (secondary N) is 1. The zero-order chi connectivity index (χ0) is 21.9. The summed E-state index contributed by atoms with van der Waals surface area (Å²) in [7, 11) is 0. The average molecular weight is 420 g/mol. The number of aryl methyl sites for hydroxylation is 1. The van der Waals surface area contributed by atoms with Crippen LogP contribution >= 0.6 is 0 Å². The van der Waals surface area contributed by atoms with Crippen LogP contribution in [0, 0.1) is 6.92 Å². The second-order valence-corrected chi connectivity index (χ2v) is 7.15. The molecule has 0 saturated heterocycles. The number of nitrogens with zero attached hydrogens (tertiary/aromatic N) is 3. The lowest BCUT2D eigenvalue weighted by molar-refractivity contribution is -0.0244. The van der Waals surface area contributed by atoms with Gasteiger partial charge in [-0.15, -0.1) is 0 Å². The van der Waals surface area contributed by atoms with Crippen LogP contribution in [0.25, 0.3) is 0 Å². The zero-order valence-corrected chi connectivity index (χ0v) is 16.6. The maximum atomic E-state index is 13.0. The highest BCUT2D eigenvalue weighted by Gasteiger charge is 2.32. The molecule has 0 bridgehead atoms. The minimum atomic E-state index is -2.96. The number of alkyl halides is 2. The summed E-state index contributed by atoms with van der Waals surface area (Å²) in [4.78, 5) is 34.7. The summed E-state index contributed by atoms with van der Waals surface area (Å²) in [6, 6.07) is 3.28. The number of rotatable bonds is 8. The number of aromatic nitrogens is 2. The molecule has 3 heterocycles. The first-order chi connectivity index (χ1) is 14.2. The molecule has 8 nitrogen and oxygen atoms in total. The molecule has 2 amide bonds. The Bertz CT molecular complexity index is 962. The van der Waals surface area contributed by atoms with E-state index in [9.17, 15) is 18.4 Å². The van der Waals surface area contributed by atoms with Gasteiger partial charge < -0.3 is 20.1 Å². The Morgan fingerprint density at radius 2 is 2.17 bits per heavy atom. The standard InChI is InChI=1S/C20H22F2N4O4/c1-12-7-13(8-25-18(12)30-11-20(2,21)22)9-26-10-15-14(19(26)29)3-4-23-16(15)17(28)24-5-6-27/h3-4,7-8,27H,5-6,9-11H2,1-2H3,(H,24,28). The van der Waals surface area contributed by atoms with Crippen molar-refractivity contribution in [1.82, 2.24) is 20.2 Å². The van der Waals surface area contributed by atoms with Crippen molar-refractivity contribution in [2.24, 2.45) is 0 Å². The average Bonchev–Trinajstić information content (AvgIpc) is 3.00. The van der Waals surface area contributed by atoms with Gasteiger partial charge in [0.2, 0.25) is 5.88 Å². The van der Waals surface area contributed by atoms with Crippen LogP contribution in [-0.4, -0.2) is 57.5 Å². The normalized spacial score (nSPS) is 13.4. The second-order valence-electron chi connectivity index (χ2n) is 7.15. The minimum Gasteiger partial charge on any atom is -0.471 e. The van der Waals surface area contributed by atoms with Crippen molar-refractivity contribution in [2.45, 2.75) is 32.9 Å². The maximum absolute atomic E-state index is 13.0. The number of halogens is 2. The van der Waals surface area contributed by atoms with Gasteiger partial charge in [0.15, 0.2) is 6.61 Å². The molecule has 0 fully saturated rings. The fraction of sp³-hybridized carbons (Fsp3) is 0.400. The number of fused-ring (bicyclic) bond motifs is 1. The van der Waals surface area contributed by atoms with E-state index in [-0.39, 0.29) is 43.7 Å².